The standard InChI is InChI=1S/C24H38N4O6/c1-22(2)31-18-14-30-24(21(20(18)32-22)33-23(3,4)34-24)15-27-9-5-7-16(13-27)26-12-19(29)28-10-6-8-17(28)11-25/h16-18,20-21,26H,5-10,12-15H2,1-4H3/t16?,17-,18+,20+,21-,24-/m0/s1. The van der Waals surface area contributed by atoms with Crippen molar-refractivity contribution in [2.24, 2.45) is 0 Å². The molecule has 5 fully saturated rings. The van der Waals surface area contributed by atoms with Crippen LogP contribution in [0.4, 0.5) is 0 Å². The average Bonchev–Trinajstić information content (AvgIpc) is 3.44. The molecular weight excluding hydrogens is 440 g/mol. The molecule has 1 N–H and O–H groups in total. The first-order valence-corrected chi connectivity index (χ1v) is 12.6. The van der Waals surface area contributed by atoms with Gasteiger partial charge in [-0.3, -0.25) is 9.69 Å². The molecule has 0 aliphatic carbocycles. The fourth-order valence-electron chi connectivity index (χ4n) is 6.17. The number of nitrogens with one attached hydrogen (secondary N) is 1. The van der Waals surface area contributed by atoms with Gasteiger partial charge in [0.2, 0.25) is 11.7 Å². The summed E-state index contributed by atoms with van der Waals surface area (Å²) < 4.78 is 31.3. The third-order valence-corrected chi connectivity index (χ3v) is 7.49. The second kappa shape index (κ2) is 8.96. The normalized spacial score (nSPS) is 41.1. The maximum atomic E-state index is 12.7. The molecule has 5 aliphatic rings. The van der Waals surface area contributed by atoms with Crippen LogP contribution in [0.3, 0.4) is 0 Å². The number of hydrogen-bond donors (Lipinski definition) is 1. The summed E-state index contributed by atoms with van der Waals surface area (Å²) in [5.41, 5.74) is 0. The lowest BCUT2D eigenvalue weighted by atomic mass is 9.95. The first-order valence-electron chi connectivity index (χ1n) is 12.6. The molecule has 5 heterocycles. The Balaban J connectivity index is 1.21. The van der Waals surface area contributed by atoms with Crippen molar-refractivity contribution in [1.29, 1.82) is 5.26 Å². The molecule has 5 aliphatic heterocycles. The van der Waals surface area contributed by atoms with Gasteiger partial charge in [-0.25, -0.2) is 0 Å². The van der Waals surface area contributed by atoms with E-state index in [2.05, 4.69) is 16.3 Å². The number of likely N-dealkylation sites (tertiary alicyclic amines) is 2. The number of carbonyl (C=O) groups is 1. The number of ether oxygens (including phenoxy) is 5. The van der Waals surface area contributed by atoms with Crippen molar-refractivity contribution < 1.29 is 28.5 Å². The highest BCUT2D eigenvalue weighted by molar-refractivity contribution is 5.79. The lowest BCUT2D eigenvalue weighted by molar-refractivity contribution is -0.287. The van der Waals surface area contributed by atoms with E-state index in [1.807, 2.05) is 27.7 Å². The minimum absolute atomic E-state index is 0.0109. The zero-order valence-corrected chi connectivity index (χ0v) is 20.7. The summed E-state index contributed by atoms with van der Waals surface area (Å²) in [5.74, 6) is -2.39. The Morgan fingerprint density at radius 2 is 1.88 bits per heavy atom. The van der Waals surface area contributed by atoms with Crippen LogP contribution in [0.25, 0.3) is 0 Å². The molecule has 0 spiro atoms. The Morgan fingerprint density at radius 3 is 2.68 bits per heavy atom. The molecular formula is C24H38N4O6. The third kappa shape index (κ3) is 4.72. The lowest BCUT2D eigenvalue weighted by Crippen LogP contribution is -2.63. The van der Waals surface area contributed by atoms with E-state index in [0.717, 1.165) is 38.8 Å². The minimum atomic E-state index is -0.929. The molecule has 0 radical (unpaired) electrons. The van der Waals surface area contributed by atoms with Gasteiger partial charge in [-0.15, -0.1) is 0 Å². The highest BCUT2D eigenvalue weighted by Gasteiger charge is 2.65. The van der Waals surface area contributed by atoms with Crippen molar-refractivity contribution in [2.45, 2.75) is 101 Å². The molecule has 5 rings (SSSR count). The van der Waals surface area contributed by atoms with Crippen molar-refractivity contribution >= 4 is 5.91 Å². The van der Waals surface area contributed by atoms with Crippen LogP contribution in [0.2, 0.25) is 0 Å². The van der Waals surface area contributed by atoms with Gasteiger partial charge >= 0.3 is 0 Å². The number of hydrogen-bond acceptors (Lipinski definition) is 9. The quantitative estimate of drug-likeness (QED) is 0.618. The van der Waals surface area contributed by atoms with E-state index in [-0.39, 0.29) is 36.7 Å². The SMILES string of the molecule is CC1(C)O[C@@H]2[C@@H](CO[C@@]3(CN4CCCC(NCC(=O)N5CCC[C@H]5C#N)C4)OC(C)(C)O[C@@H]23)O1. The summed E-state index contributed by atoms with van der Waals surface area (Å²) in [6.07, 6.45) is 2.86. The van der Waals surface area contributed by atoms with Gasteiger partial charge in [-0.1, -0.05) is 0 Å². The topological polar surface area (TPSA) is 106 Å². The minimum Gasteiger partial charge on any atom is -0.343 e. The van der Waals surface area contributed by atoms with Gasteiger partial charge in [0, 0.05) is 19.1 Å². The Kier molecular flexibility index (Phi) is 6.43. The van der Waals surface area contributed by atoms with Crippen LogP contribution in [0.1, 0.15) is 53.4 Å². The van der Waals surface area contributed by atoms with E-state index < -0.39 is 23.5 Å². The third-order valence-electron chi connectivity index (χ3n) is 7.49. The maximum absolute atomic E-state index is 12.7. The molecule has 5 saturated heterocycles. The number of nitriles is 1. The van der Waals surface area contributed by atoms with Crippen molar-refractivity contribution in [2.75, 3.05) is 39.3 Å². The van der Waals surface area contributed by atoms with Crippen LogP contribution in [0.5, 0.6) is 0 Å². The van der Waals surface area contributed by atoms with Crippen LogP contribution in [-0.4, -0.2) is 103 Å². The first kappa shape index (κ1) is 24.4. The molecule has 1 amide bonds. The summed E-state index contributed by atoms with van der Waals surface area (Å²) in [6.45, 7) is 11.2. The smallest absolute Gasteiger partial charge is 0.237 e. The van der Waals surface area contributed by atoms with E-state index in [0.29, 0.717) is 19.7 Å². The number of piperidine rings is 1. The molecule has 6 atom stereocenters. The fourth-order valence-corrected chi connectivity index (χ4v) is 6.17. The largest absolute Gasteiger partial charge is 0.343 e. The molecule has 0 aromatic heterocycles. The number of fused-ring (bicyclic) bond motifs is 3. The van der Waals surface area contributed by atoms with E-state index in [9.17, 15) is 10.1 Å². The van der Waals surface area contributed by atoms with Gasteiger partial charge < -0.3 is 33.9 Å². The zero-order chi connectivity index (χ0) is 24.1. The molecule has 190 valence electrons. The fraction of sp³-hybridized carbons (Fsp3) is 0.917. The predicted octanol–water partition coefficient (Wildman–Crippen LogP) is 0.953. The molecule has 10 heteroatoms. The van der Waals surface area contributed by atoms with Crippen molar-refractivity contribution in [3.05, 3.63) is 0 Å². The Labute approximate surface area is 201 Å². The molecule has 34 heavy (non-hydrogen) atoms. The van der Waals surface area contributed by atoms with E-state index in [4.69, 9.17) is 23.7 Å². The second-order valence-corrected chi connectivity index (χ2v) is 11.1. The highest BCUT2D eigenvalue weighted by Crippen LogP contribution is 2.47. The van der Waals surface area contributed by atoms with Gasteiger partial charge in [-0.05, 0) is 59.9 Å². The molecule has 0 aromatic rings. The van der Waals surface area contributed by atoms with Crippen molar-refractivity contribution in [3.8, 4) is 6.07 Å². The highest BCUT2D eigenvalue weighted by atomic mass is 16.9. The van der Waals surface area contributed by atoms with Crippen molar-refractivity contribution in [3.63, 3.8) is 0 Å². The number of carbonyl (C=O) groups excluding carboxylic acids is 1. The van der Waals surface area contributed by atoms with E-state index in [1.54, 1.807) is 4.90 Å². The Hall–Kier alpha value is -1.32. The first-order chi connectivity index (χ1) is 16.1. The van der Waals surface area contributed by atoms with Crippen LogP contribution in [0.15, 0.2) is 0 Å². The lowest BCUT2D eigenvalue weighted by Gasteiger charge is -2.44. The van der Waals surface area contributed by atoms with Gasteiger partial charge in [0.25, 0.3) is 0 Å². The number of amides is 1. The monoisotopic (exact) mass is 478 g/mol. The maximum Gasteiger partial charge on any atom is 0.237 e. The molecule has 0 aromatic carbocycles. The molecule has 0 bridgehead atoms. The average molecular weight is 479 g/mol. The Bertz CT molecular complexity index is 831. The van der Waals surface area contributed by atoms with Gasteiger partial charge in [0.15, 0.2) is 11.6 Å². The summed E-state index contributed by atoms with van der Waals surface area (Å²) in [5, 5.41) is 12.7. The van der Waals surface area contributed by atoms with Crippen LogP contribution >= 0.6 is 0 Å². The van der Waals surface area contributed by atoms with Crippen LogP contribution in [-0.2, 0) is 28.5 Å². The summed E-state index contributed by atoms with van der Waals surface area (Å²) in [4.78, 5) is 16.7. The number of rotatable bonds is 5. The van der Waals surface area contributed by atoms with Gasteiger partial charge in [-0.2, -0.15) is 5.26 Å². The summed E-state index contributed by atoms with van der Waals surface area (Å²) >= 11 is 0. The zero-order valence-electron chi connectivity index (χ0n) is 20.7. The molecule has 1 unspecified atom stereocenters. The van der Waals surface area contributed by atoms with E-state index in [1.165, 1.54) is 0 Å². The number of nitrogens with zero attached hydrogens (tertiary/aromatic N) is 3. The predicted molar refractivity (Wildman–Crippen MR) is 120 cm³/mol. The Morgan fingerprint density at radius 1 is 1.09 bits per heavy atom. The van der Waals surface area contributed by atoms with E-state index >= 15 is 0 Å². The van der Waals surface area contributed by atoms with Crippen molar-refractivity contribution in [1.82, 2.24) is 15.1 Å². The summed E-state index contributed by atoms with van der Waals surface area (Å²) in [7, 11) is 0. The van der Waals surface area contributed by atoms with Crippen LogP contribution < -0.4 is 5.32 Å². The second-order valence-electron chi connectivity index (χ2n) is 11.1. The van der Waals surface area contributed by atoms with Gasteiger partial charge in [0.1, 0.15) is 24.4 Å². The summed E-state index contributed by atoms with van der Waals surface area (Å²) in [6, 6.07) is 2.15. The van der Waals surface area contributed by atoms with Crippen LogP contribution in [0, 0.1) is 11.3 Å². The molecule has 0 saturated carbocycles. The molecule has 10 nitrogen and oxygen atoms in total. The van der Waals surface area contributed by atoms with Gasteiger partial charge in [0.05, 0.1) is 25.8 Å².